The summed E-state index contributed by atoms with van der Waals surface area (Å²) in [5.74, 6) is 7.17. The molecule has 36 heavy (non-hydrogen) atoms. The van der Waals surface area contributed by atoms with Crippen LogP contribution in [0, 0.1) is 11.8 Å². The molecule has 0 radical (unpaired) electrons. The summed E-state index contributed by atoms with van der Waals surface area (Å²) >= 11 is 5.66. The molecule has 192 valence electrons. The lowest BCUT2D eigenvalue weighted by Gasteiger charge is -2.26. The first kappa shape index (κ1) is 27.9. The van der Waals surface area contributed by atoms with Gasteiger partial charge in [0.05, 0.1) is 25.4 Å². The van der Waals surface area contributed by atoms with Gasteiger partial charge in [0.15, 0.2) is 0 Å². The largest absolute Gasteiger partial charge is 0.379 e. The van der Waals surface area contributed by atoms with Crippen molar-refractivity contribution in [2.45, 2.75) is 57.9 Å². The van der Waals surface area contributed by atoms with Gasteiger partial charge in [-0.15, -0.1) is 11.6 Å². The van der Waals surface area contributed by atoms with E-state index in [2.05, 4.69) is 11.8 Å². The fourth-order valence-electron chi connectivity index (χ4n) is 4.06. The Morgan fingerprint density at radius 1 is 0.750 bits per heavy atom. The number of amides is 1. The molecule has 0 unspecified atom stereocenters. The number of carbonyl (C=O) groups is 2. The van der Waals surface area contributed by atoms with E-state index in [1.807, 2.05) is 48.5 Å². The van der Waals surface area contributed by atoms with Crippen LogP contribution >= 0.6 is 11.6 Å². The number of rotatable bonds is 16. The van der Waals surface area contributed by atoms with Gasteiger partial charge in [-0.3, -0.25) is 9.59 Å². The van der Waals surface area contributed by atoms with Gasteiger partial charge in [-0.1, -0.05) is 55.0 Å². The second-order valence-electron chi connectivity index (χ2n) is 8.87. The van der Waals surface area contributed by atoms with Gasteiger partial charge in [0.2, 0.25) is 5.91 Å². The van der Waals surface area contributed by atoms with Crippen LogP contribution in [0.4, 0.5) is 5.69 Å². The smallest absolute Gasteiger partial charge is 0.227 e. The summed E-state index contributed by atoms with van der Waals surface area (Å²) in [7, 11) is 0. The third-order valence-corrected chi connectivity index (χ3v) is 6.35. The van der Waals surface area contributed by atoms with Gasteiger partial charge < -0.3 is 14.4 Å². The van der Waals surface area contributed by atoms with Crippen molar-refractivity contribution in [3.8, 4) is 11.8 Å². The monoisotopic (exact) mass is 509 g/mol. The number of fused-ring (bicyclic) bond motifs is 2. The number of alkyl halides is 1. The first-order valence-corrected chi connectivity index (χ1v) is 13.4. The number of Topliss-reactive ketones (excluding diaryl/α,β-unsaturated/α-hetero) is 1. The van der Waals surface area contributed by atoms with Crippen molar-refractivity contribution in [3.63, 3.8) is 0 Å². The molecule has 0 N–H and O–H groups in total. The molecule has 2 aromatic rings. The molecule has 0 saturated heterocycles. The van der Waals surface area contributed by atoms with E-state index in [1.54, 1.807) is 4.90 Å². The van der Waals surface area contributed by atoms with Gasteiger partial charge in [0.25, 0.3) is 0 Å². The Bertz CT molecular complexity index is 1040. The predicted molar refractivity (Wildman–Crippen MR) is 144 cm³/mol. The molecular weight excluding hydrogens is 474 g/mol. The first-order valence-electron chi connectivity index (χ1n) is 12.9. The first-order chi connectivity index (χ1) is 17.7. The van der Waals surface area contributed by atoms with E-state index >= 15 is 0 Å². The molecular formula is C30H36ClNO4. The zero-order chi connectivity index (χ0) is 25.4. The molecule has 0 fully saturated rings. The van der Waals surface area contributed by atoms with Crippen LogP contribution in [0.5, 0.6) is 0 Å². The van der Waals surface area contributed by atoms with Crippen molar-refractivity contribution in [1.82, 2.24) is 0 Å². The quantitative estimate of drug-likeness (QED) is 0.161. The lowest BCUT2D eigenvalue weighted by molar-refractivity contribution is -0.124. The van der Waals surface area contributed by atoms with E-state index in [9.17, 15) is 9.59 Å². The fourth-order valence-corrected chi connectivity index (χ4v) is 4.25. The molecule has 2 aromatic carbocycles. The van der Waals surface area contributed by atoms with Crippen LogP contribution in [-0.4, -0.2) is 44.0 Å². The predicted octanol–water partition coefficient (Wildman–Crippen LogP) is 5.89. The number of hydrogen-bond donors (Lipinski definition) is 0. The zero-order valence-electron chi connectivity index (χ0n) is 21.0. The van der Waals surface area contributed by atoms with Gasteiger partial charge >= 0.3 is 0 Å². The molecule has 1 aliphatic rings. The normalized spacial score (nSPS) is 12.1. The van der Waals surface area contributed by atoms with Gasteiger partial charge in [-0.25, -0.2) is 0 Å². The van der Waals surface area contributed by atoms with Crippen molar-refractivity contribution in [3.05, 3.63) is 65.2 Å². The van der Waals surface area contributed by atoms with Crippen LogP contribution in [0.1, 0.15) is 68.1 Å². The zero-order valence-corrected chi connectivity index (χ0v) is 21.7. The Labute approximate surface area is 220 Å². The molecule has 0 aliphatic carbocycles. The van der Waals surface area contributed by atoms with Crippen molar-refractivity contribution in [2.24, 2.45) is 0 Å². The van der Waals surface area contributed by atoms with Crippen molar-refractivity contribution >= 4 is 29.0 Å². The molecule has 0 saturated carbocycles. The topological polar surface area (TPSA) is 55.8 Å². The minimum Gasteiger partial charge on any atom is -0.379 e. The van der Waals surface area contributed by atoms with E-state index < -0.39 is 0 Å². The Morgan fingerprint density at radius 2 is 1.42 bits per heavy atom. The highest BCUT2D eigenvalue weighted by Gasteiger charge is 2.21. The van der Waals surface area contributed by atoms with Crippen LogP contribution < -0.4 is 4.90 Å². The molecule has 1 heterocycles. The summed E-state index contributed by atoms with van der Waals surface area (Å²) in [6.45, 7) is 2.82. The maximum Gasteiger partial charge on any atom is 0.227 e. The molecule has 6 heteroatoms. The maximum atomic E-state index is 13.2. The number of halogens is 1. The second-order valence-corrected chi connectivity index (χ2v) is 9.25. The molecule has 1 amide bonds. The minimum atomic E-state index is -0.0645. The summed E-state index contributed by atoms with van der Waals surface area (Å²) in [5.41, 5.74) is 3.54. The number of carbonyl (C=O) groups excluding carboxylic acids is 2. The highest BCUT2D eigenvalue weighted by atomic mass is 35.5. The van der Waals surface area contributed by atoms with E-state index in [0.717, 1.165) is 60.5 Å². The fraction of sp³-hybridized carbons (Fsp3) is 0.467. The average Bonchev–Trinajstić information content (AvgIpc) is 2.89. The second kappa shape index (κ2) is 16.2. The van der Waals surface area contributed by atoms with Crippen LogP contribution in [-0.2, 0) is 25.6 Å². The number of ketones is 1. The highest BCUT2D eigenvalue weighted by molar-refractivity contribution is 6.17. The molecule has 0 bridgehead atoms. The maximum absolute atomic E-state index is 13.2. The summed E-state index contributed by atoms with van der Waals surface area (Å²) in [5, 5.41) is 0. The third-order valence-electron chi connectivity index (χ3n) is 6.08. The SMILES string of the molecule is O=C(CCCOCCOCCCCCCCl)CCC(=O)N1Cc2ccccc2C#Cc2ccccc21. The standard InChI is InChI=1S/C30H36ClNO4/c31-19-7-1-2-8-20-35-22-23-36-21-9-13-28(33)17-18-30(34)32-24-27-12-4-3-10-25(27)15-16-26-11-5-6-14-29(26)32/h3-6,10-12,14H,1-2,7-9,13,17-24H2. The Hall–Kier alpha value is -2.65. The Morgan fingerprint density at radius 3 is 2.22 bits per heavy atom. The van der Waals surface area contributed by atoms with Crippen molar-refractivity contribution in [1.29, 1.82) is 0 Å². The lowest BCUT2D eigenvalue weighted by atomic mass is 10.0. The molecule has 1 aliphatic heterocycles. The number of anilines is 1. The summed E-state index contributed by atoms with van der Waals surface area (Å²) in [6, 6.07) is 15.6. The number of para-hydroxylation sites is 1. The van der Waals surface area contributed by atoms with E-state index in [1.165, 1.54) is 0 Å². The number of unbranched alkanes of at least 4 members (excludes halogenated alkanes) is 3. The molecule has 0 atom stereocenters. The van der Waals surface area contributed by atoms with Gasteiger partial charge in [-0.05, 0) is 43.0 Å². The van der Waals surface area contributed by atoms with Gasteiger partial charge in [0.1, 0.15) is 5.78 Å². The third kappa shape index (κ3) is 9.43. The Balaban J connectivity index is 1.36. The van der Waals surface area contributed by atoms with Gasteiger partial charge in [0, 0.05) is 49.5 Å². The van der Waals surface area contributed by atoms with E-state index in [0.29, 0.717) is 39.2 Å². The van der Waals surface area contributed by atoms with Gasteiger partial charge in [-0.2, -0.15) is 0 Å². The van der Waals surface area contributed by atoms with Crippen molar-refractivity contribution in [2.75, 3.05) is 37.2 Å². The van der Waals surface area contributed by atoms with Crippen LogP contribution in [0.15, 0.2) is 48.5 Å². The molecule has 3 rings (SSSR count). The lowest BCUT2D eigenvalue weighted by Crippen LogP contribution is -2.32. The molecule has 0 spiro atoms. The number of benzene rings is 2. The summed E-state index contributed by atoms with van der Waals surface area (Å²) < 4.78 is 11.1. The molecule has 0 aromatic heterocycles. The Kier molecular flexibility index (Phi) is 12.5. The minimum absolute atomic E-state index is 0.0645. The van der Waals surface area contributed by atoms with Crippen LogP contribution in [0.3, 0.4) is 0 Å². The van der Waals surface area contributed by atoms with Crippen molar-refractivity contribution < 1.29 is 19.1 Å². The average molecular weight is 510 g/mol. The number of nitrogens with zero attached hydrogens (tertiary/aromatic N) is 1. The van der Waals surface area contributed by atoms with Crippen LogP contribution in [0.25, 0.3) is 0 Å². The molecule has 5 nitrogen and oxygen atoms in total. The highest BCUT2D eigenvalue weighted by Crippen LogP contribution is 2.26. The van der Waals surface area contributed by atoms with E-state index in [4.69, 9.17) is 21.1 Å². The number of hydrogen-bond acceptors (Lipinski definition) is 4. The van der Waals surface area contributed by atoms with E-state index in [-0.39, 0.29) is 24.5 Å². The van der Waals surface area contributed by atoms with Crippen LogP contribution in [0.2, 0.25) is 0 Å². The number of ether oxygens (including phenoxy) is 2. The summed E-state index contributed by atoms with van der Waals surface area (Å²) in [6.07, 6.45) is 5.89. The summed E-state index contributed by atoms with van der Waals surface area (Å²) in [4.78, 5) is 27.4.